The summed E-state index contributed by atoms with van der Waals surface area (Å²) in [5.74, 6) is -0.171. The van der Waals surface area contributed by atoms with E-state index in [1.807, 2.05) is 12.1 Å². The number of nitrogens with zero attached hydrogens (tertiary/aromatic N) is 3. The first-order valence-electron chi connectivity index (χ1n) is 6.80. The number of para-hydroxylation sites is 1. The lowest BCUT2D eigenvalue weighted by molar-refractivity contribution is 0.598. The number of hydrogen-bond acceptors (Lipinski definition) is 4. The number of pyridine rings is 1. The molecular formula is C15H16BrFN4. The number of rotatable bonds is 2. The average molecular weight is 351 g/mol. The molecule has 21 heavy (non-hydrogen) atoms. The standard InChI is InChI=1S/C15H16BrFN4/c16-11-9-19-10-13(18)15(11)21-7-5-20(6-8-21)14-4-2-1-3-12(14)17/h1-4,9-10H,5-8,18H2. The number of aromatic nitrogens is 1. The van der Waals surface area contributed by atoms with Crippen molar-refractivity contribution in [1.29, 1.82) is 0 Å². The zero-order valence-corrected chi connectivity index (χ0v) is 13.1. The highest BCUT2D eigenvalue weighted by Gasteiger charge is 2.22. The van der Waals surface area contributed by atoms with Gasteiger partial charge < -0.3 is 15.5 Å². The van der Waals surface area contributed by atoms with E-state index in [9.17, 15) is 4.39 Å². The molecule has 2 aromatic rings. The smallest absolute Gasteiger partial charge is 0.146 e. The van der Waals surface area contributed by atoms with Crippen molar-refractivity contribution in [2.75, 3.05) is 41.7 Å². The van der Waals surface area contributed by atoms with Gasteiger partial charge in [0.15, 0.2) is 0 Å². The summed E-state index contributed by atoms with van der Waals surface area (Å²) in [7, 11) is 0. The minimum Gasteiger partial charge on any atom is -0.396 e. The van der Waals surface area contributed by atoms with Crippen molar-refractivity contribution in [3.05, 3.63) is 46.9 Å². The van der Waals surface area contributed by atoms with E-state index < -0.39 is 0 Å². The summed E-state index contributed by atoms with van der Waals surface area (Å²) in [6, 6.07) is 6.90. The molecular weight excluding hydrogens is 335 g/mol. The number of nitrogens with two attached hydrogens (primary N) is 1. The molecule has 1 saturated heterocycles. The second-order valence-corrected chi connectivity index (χ2v) is 5.84. The van der Waals surface area contributed by atoms with E-state index in [0.29, 0.717) is 11.4 Å². The van der Waals surface area contributed by atoms with Crippen molar-refractivity contribution < 1.29 is 4.39 Å². The third-order valence-electron chi connectivity index (χ3n) is 3.69. The summed E-state index contributed by atoms with van der Waals surface area (Å²) in [5, 5.41) is 0. The Morgan fingerprint density at radius 2 is 1.71 bits per heavy atom. The zero-order valence-electron chi connectivity index (χ0n) is 11.5. The van der Waals surface area contributed by atoms with Gasteiger partial charge in [-0.05, 0) is 28.1 Å². The predicted octanol–water partition coefficient (Wildman–Crippen LogP) is 2.89. The van der Waals surface area contributed by atoms with Crippen LogP contribution in [0.1, 0.15) is 0 Å². The van der Waals surface area contributed by atoms with Gasteiger partial charge >= 0.3 is 0 Å². The number of nitrogen functional groups attached to an aromatic ring is 1. The fourth-order valence-corrected chi connectivity index (χ4v) is 3.25. The minimum absolute atomic E-state index is 0.171. The Bertz CT molecular complexity index is 621. The second kappa shape index (κ2) is 5.89. The fourth-order valence-electron chi connectivity index (χ4n) is 2.66. The van der Waals surface area contributed by atoms with Crippen LogP contribution in [0.25, 0.3) is 0 Å². The van der Waals surface area contributed by atoms with E-state index in [-0.39, 0.29) is 5.82 Å². The summed E-state index contributed by atoms with van der Waals surface area (Å²) in [6.07, 6.45) is 3.40. The third-order valence-corrected chi connectivity index (χ3v) is 4.27. The minimum atomic E-state index is -0.171. The highest BCUT2D eigenvalue weighted by atomic mass is 79.9. The number of hydrogen-bond donors (Lipinski definition) is 1. The van der Waals surface area contributed by atoms with Crippen LogP contribution in [0.3, 0.4) is 0 Å². The highest BCUT2D eigenvalue weighted by molar-refractivity contribution is 9.10. The summed E-state index contributed by atoms with van der Waals surface area (Å²) in [5.41, 5.74) is 8.31. The molecule has 0 atom stereocenters. The molecule has 1 aliphatic heterocycles. The molecule has 0 aliphatic carbocycles. The van der Waals surface area contributed by atoms with Gasteiger partial charge in [0.2, 0.25) is 0 Å². The third kappa shape index (κ3) is 2.81. The first-order valence-corrected chi connectivity index (χ1v) is 7.59. The molecule has 3 rings (SSSR count). The van der Waals surface area contributed by atoms with Crippen LogP contribution in [-0.4, -0.2) is 31.2 Å². The van der Waals surface area contributed by atoms with Crippen LogP contribution in [-0.2, 0) is 0 Å². The van der Waals surface area contributed by atoms with E-state index in [1.54, 1.807) is 18.5 Å². The van der Waals surface area contributed by atoms with E-state index in [2.05, 4.69) is 30.7 Å². The molecule has 0 bridgehead atoms. The first-order chi connectivity index (χ1) is 10.2. The molecule has 2 N–H and O–H groups in total. The molecule has 0 saturated carbocycles. The van der Waals surface area contributed by atoms with E-state index >= 15 is 0 Å². The fraction of sp³-hybridized carbons (Fsp3) is 0.267. The largest absolute Gasteiger partial charge is 0.396 e. The van der Waals surface area contributed by atoms with Crippen molar-refractivity contribution in [3.63, 3.8) is 0 Å². The lowest BCUT2D eigenvalue weighted by atomic mass is 10.2. The van der Waals surface area contributed by atoms with E-state index in [4.69, 9.17) is 5.73 Å². The Morgan fingerprint density at radius 3 is 2.38 bits per heavy atom. The Balaban J connectivity index is 1.75. The lowest BCUT2D eigenvalue weighted by Gasteiger charge is -2.38. The Kier molecular flexibility index (Phi) is 3.96. The van der Waals surface area contributed by atoms with Crippen LogP contribution in [0.5, 0.6) is 0 Å². The van der Waals surface area contributed by atoms with Gasteiger partial charge in [0.25, 0.3) is 0 Å². The summed E-state index contributed by atoms with van der Waals surface area (Å²) < 4.78 is 14.7. The zero-order chi connectivity index (χ0) is 14.8. The molecule has 1 aliphatic rings. The van der Waals surface area contributed by atoms with E-state index in [0.717, 1.165) is 36.3 Å². The quantitative estimate of drug-likeness (QED) is 0.904. The number of halogens is 2. The van der Waals surface area contributed by atoms with Crippen LogP contribution >= 0.6 is 15.9 Å². The lowest BCUT2D eigenvalue weighted by Crippen LogP contribution is -2.47. The number of anilines is 3. The van der Waals surface area contributed by atoms with Gasteiger partial charge in [-0.3, -0.25) is 4.98 Å². The van der Waals surface area contributed by atoms with Crippen LogP contribution in [0, 0.1) is 5.82 Å². The Labute approximate surface area is 131 Å². The molecule has 0 spiro atoms. The SMILES string of the molecule is Nc1cncc(Br)c1N1CCN(c2ccccc2F)CC1. The first kappa shape index (κ1) is 14.1. The highest BCUT2D eigenvalue weighted by Crippen LogP contribution is 2.32. The summed E-state index contributed by atoms with van der Waals surface area (Å²) >= 11 is 3.50. The van der Waals surface area contributed by atoms with Gasteiger partial charge in [-0.25, -0.2) is 4.39 Å². The monoisotopic (exact) mass is 350 g/mol. The molecule has 110 valence electrons. The van der Waals surface area contributed by atoms with E-state index in [1.165, 1.54) is 6.07 Å². The van der Waals surface area contributed by atoms with Gasteiger partial charge in [0.05, 0.1) is 27.7 Å². The Hall–Kier alpha value is -1.82. The molecule has 1 aromatic heterocycles. The maximum atomic E-state index is 13.8. The van der Waals surface area contributed by atoms with Gasteiger partial charge in [0, 0.05) is 32.4 Å². The summed E-state index contributed by atoms with van der Waals surface area (Å²) in [4.78, 5) is 8.33. The molecule has 0 amide bonds. The van der Waals surface area contributed by atoms with Gasteiger partial charge in [0.1, 0.15) is 5.82 Å². The molecule has 1 aromatic carbocycles. The van der Waals surface area contributed by atoms with Crippen molar-refractivity contribution in [2.45, 2.75) is 0 Å². The van der Waals surface area contributed by atoms with Crippen molar-refractivity contribution in [1.82, 2.24) is 4.98 Å². The molecule has 0 radical (unpaired) electrons. The molecule has 1 fully saturated rings. The van der Waals surface area contributed by atoms with Crippen molar-refractivity contribution in [3.8, 4) is 0 Å². The average Bonchev–Trinajstić information content (AvgIpc) is 2.48. The molecule has 2 heterocycles. The maximum Gasteiger partial charge on any atom is 0.146 e. The number of piperazine rings is 1. The van der Waals surface area contributed by atoms with Crippen LogP contribution in [0.4, 0.5) is 21.5 Å². The van der Waals surface area contributed by atoms with Crippen LogP contribution in [0.15, 0.2) is 41.1 Å². The number of benzene rings is 1. The van der Waals surface area contributed by atoms with Gasteiger partial charge in [-0.1, -0.05) is 12.1 Å². The predicted molar refractivity (Wildman–Crippen MR) is 87.2 cm³/mol. The molecule has 6 heteroatoms. The summed E-state index contributed by atoms with van der Waals surface area (Å²) in [6.45, 7) is 3.10. The maximum absolute atomic E-state index is 13.8. The topological polar surface area (TPSA) is 45.4 Å². The van der Waals surface area contributed by atoms with Crippen molar-refractivity contribution in [2.24, 2.45) is 0 Å². The Morgan fingerprint density at radius 1 is 1.05 bits per heavy atom. The normalized spacial score (nSPS) is 15.3. The van der Waals surface area contributed by atoms with Gasteiger partial charge in [-0.15, -0.1) is 0 Å². The molecule has 4 nitrogen and oxygen atoms in total. The van der Waals surface area contributed by atoms with Crippen molar-refractivity contribution >= 4 is 33.0 Å². The van der Waals surface area contributed by atoms with Gasteiger partial charge in [-0.2, -0.15) is 0 Å². The van der Waals surface area contributed by atoms with Crippen LogP contribution in [0.2, 0.25) is 0 Å². The second-order valence-electron chi connectivity index (χ2n) is 4.98. The molecule has 0 unspecified atom stereocenters. The van der Waals surface area contributed by atoms with Crippen LogP contribution < -0.4 is 15.5 Å².